The lowest BCUT2D eigenvalue weighted by Gasteiger charge is -1.86. The summed E-state index contributed by atoms with van der Waals surface area (Å²) in [6.07, 6.45) is 0. The van der Waals surface area contributed by atoms with E-state index in [1.165, 1.54) is 0 Å². The van der Waals surface area contributed by atoms with Crippen LogP contribution in [0.5, 0.6) is 0 Å². The second kappa shape index (κ2) is 7.12. The van der Waals surface area contributed by atoms with Gasteiger partial charge in [-0.15, -0.1) is 8.39 Å². The maximum Gasteiger partial charge on any atom is 0.549 e. The van der Waals surface area contributed by atoms with Crippen LogP contribution in [0.2, 0.25) is 0 Å². The van der Waals surface area contributed by atoms with Crippen LogP contribution >= 0.6 is 7.99 Å². The zero-order valence-corrected chi connectivity index (χ0v) is 6.78. The molecule has 3 nitrogen and oxygen atoms in total. The van der Waals surface area contributed by atoms with Crippen molar-refractivity contribution in [1.82, 2.24) is 0 Å². The Morgan fingerprint density at radius 1 is 1.40 bits per heavy atom. The van der Waals surface area contributed by atoms with Gasteiger partial charge in [-0.1, -0.05) is 0 Å². The van der Waals surface area contributed by atoms with E-state index >= 15 is 0 Å². The number of halogens is 2. The molecular weight excluding hydrogens is 165 g/mol. The summed E-state index contributed by atoms with van der Waals surface area (Å²) in [7, 11) is -5.64. The van der Waals surface area contributed by atoms with Crippen LogP contribution in [0, 0.1) is 0 Å². The van der Waals surface area contributed by atoms with Crippen molar-refractivity contribution in [3.63, 3.8) is 0 Å². The van der Waals surface area contributed by atoms with Gasteiger partial charge in [0.1, 0.15) is 0 Å². The Labute approximate surface area is 58.7 Å². The molecule has 0 spiro atoms. The molecule has 6 heteroatoms. The van der Waals surface area contributed by atoms with E-state index < -0.39 is 7.99 Å². The molecule has 0 aromatic carbocycles. The number of hydrogen-bond donors (Lipinski definition) is 1. The smallest absolute Gasteiger partial charge is 0.382 e. The first-order chi connectivity index (χ1) is 4.41. The van der Waals surface area contributed by atoms with Gasteiger partial charge in [0.15, 0.2) is 0 Å². The summed E-state index contributed by atoms with van der Waals surface area (Å²) in [6, 6.07) is 0. The maximum atomic E-state index is 10.1. The summed E-state index contributed by atoms with van der Waals surface area (Å²) in [6.45, 7) is 5.67. The van der Waals surface area contributed by atoms with Gasteiger partial charge in [-0.05, 0) is 13.8 Å². The van der Waals surface area contributed by atoms with Crippen molar-refractivity contribution in [3.8, 4) is 0 Å². The van der Waals surface area contributed by atoms with E-state index in [0.29, 0.717) is 0 Å². The maximum absolute atomic E-state index is 10.1. The Kier molecular flexibility index (Phi) is 9.02. The Hall–Kier alpha value is 0.01000. The van der Waals surface area contributed by atoms with E-state index in [2.05, 4.69) is 0 Å². The number of ether oxygens (including phenoxy) is 1. The second-order valence-corrected chi connectivity index (χ2v) is 2.09. The van der Waals surface area contributed by atoms with Crippen LogP contribution in [0.15, 0.2) is 0 Å². The molecule has 1 N–H and O–H groups in total. The van der Waals surface area contributed by atoms with Gasteiger partial charge in [0.25, 0.3) is 0 Å². The molecule has 0 aliphatic heterocycles. The van der Waals surface area contributed by atoms with Crippen LogP contribution in [-0.4, -0.2) is 18.1 Å². The van der Waals surface area contributed by atoms with Gasteiger partial charge in [-0.2, -0.15) is 0 Å². The largest absolute Gasteiger partial charge is 0.549 e. The zero-order chi connectivity index (χ0) is 8.62. The van der Waals surface area contributed by atoms with Gasteiger partial charge in [0.2, 0.25) is 0 Å². The highest BCUT2D eigenvalue weighted by Gasteiger charge is 2.09. The van der Waals surface area contributed by atoms with E-state index in [0.717, 1.165) is 13.2 Å². The minimum atomic E-state index is -5.64. The Balaban J connectivity index is 0. The molecule has 0 fully saturated rings. The van der Waals surface area contributed by atoms with Crippen molar-refractivity contribution in [1.29, 1.82) is 0 Å². The van der Waals surface area contributed by atoms with Gasteiger partial charge in [0, 0.05) is 13.2 Å². The standard InChI is InChI=1S/C4H10O.F2HO2P/c1-3-5-4-2;1-5(2,3)4/h3-4H2,1-2H3;(H,3,4). The van der Waals surface area contributed by atoms with E-state index in [9.17, 15) is 8.39 Å². The fraction of sp³-hybridized carbons (Fsp3) is 1.00. The van der Waals surface area contributed by atoms with Crippen molar-refractivity contribution in [2.75, 3.05) is 13.2 Å². The van der Waals surface area contributed by atoms with Gasteiger partial charge in [-0.3, -0.25) is 4.89 Å². The van der Waals surface area contributed by atoms with Crippen LogP contribution < -0.4 is 0 Å². The molecule has 0 saturated carbocycles. The molecule has 0 unspecified atom stereocenters. The van der Waals surface area contributed by atoms with Crippen LogP contribution in [-0.2, 0) is 9.30 Å². The van der Waals surface area contributed by atoms with Gasteiger partial charge in [-0.25, -0.2) is 4.57 Å². The Morgan fingerprint density at radius 3 is 1.60 bits per heavy atom. The average molecular weight is 176 g/mol. The quantitative estimate of drug-likeness (QED) is 0.655. The molecular formula is C4H11F2O3P. The highest BCUT2D eigenvalue weighted by atomic mass is 31.2. The predicted molar refractivity (Wildman–Crippen MR) is 34.2 cm³/mol. The van der Waals surface area contributed by atoms with Gasteiger partial charge < -0.3 is 4.74 Å². The van der Waals surface area contributed by atoms with Crippen molar-refractivity contribution >= 4 is 7.99 Å². The monoisotopic (exact) mass is 176 g/mol. The summed E-state index contributed by atoms with van der Waals surface area (Å²) in [5.74, 6) is 0. The predicted octanol–water partition coefficient (Wildman–Crippen LogP) is 2.07. The summed E-state index contributed by atoms with van der Waals surface area (Å²) < 4.78 is 33.5. The third kappa shape index (κ3) is 97.4. The number of hydrogen-bond acceptors (Lipinski definition) is 2. The average Bonchev–Trinajstić information content (AvgIpc) is 1.63. The first kappa shape index (κ1) is 12.7. The van der Waals surface area contributed by atoms with Crippen molar-refractivity contribution in [2.24, 2.45) is 0 Å². The Bertz CT molecular complexity index is 92.4. The Morgan fingerprint density at radius 2 is 1.60 bits per heavy atom. The topological polar surface area (TPSA) is 46.5 Å². The fourth-order valence-corrected chi connectivity index (χ4v) is 0.204. The molecule has 10 heavy (non-hydrogen) atoms. The van der Waals surface area contributed by atoms with Crippen molar-refractivity contribution in [3.05, 3.63) is 0 Å². The van der Waals surface area contributed by atoms with E-state index in [4.69, 9.17) is 14.2 Å². The lowest BCUT2D eigenvalue weighted by atomic mass is 10.8. The van der Waals surface area contributed by atoms with Gasteiger partial charge in [0.05, 0.1) is 0 Å². The second-order valence-electron chi connectivity index (χ2n) is 1.22. The molecule has 0 amide bonds. The minimum absolute atomic E-state index is 0.844. The van der Waals surface area contributed by atoms with Crippen molar-refractivity contribution < 1.29 is 22.6 Å². The third-order valence-electron chi connectivity index (χ3n) is 0.408. The van der Waals surface area contributed by atoms with E-state index in [-0.39, 0.29) is 0 Å². The molecule has 0 atom stereocenters. The molecule has 0 aromatic heterocycles. The highest BCUT2D eigenvalue weighted by molar-refractivity contribution is 7.46. The molecule has 0 radical (unpaired) electrons. The summed E-state index contributed by atoms with van der Waals surface area (Å²) in [5.41, 5.74) is 0. The normalized spacial score (nSPS) is 10.1. The first-order valence-corrected chi connectivity index (χ1v) is 4.15. The summed E-state index contributed by atoms with van der Waals surface area (Å²) in [5, 5.41) is 0. The molecule has 0 aliphatic rings. The van der Waals surface area contributed by atoms with E-state index in [1.807, 2.05) is 13.8 Å². The minimum Gasteiger partial charge on any atom is -0.382 e. The molecule has 0 aromatic rings. The molecule has 0 bridgehead atoms. The van der Waals surface area contributed by atoms with Crippen LogP contribution in [0.3, 0.4) is 0 Å². The summed E-state index contributed by atoms with van der Waals surface area (Å²) >= 11 is 0. The molecule has 0 rings (SSSR count). The molecule has 0 heterocycles. The molecule has 64 valence electrons. The lowest BCUT2D eigenvalue weighted by molar-refractivity contribution is 0.162. The van der Waals surface area contributed by atoms with Crippen molar-refractivity contribution in [2.45, 2.75) is 13.8 Å². The fourth-order valence-electron chi connectivity index (χ4n) is 0.204. The number of rotatable bonds is 2. The first-order valence-electron chi connectivity index (χ1n) is 2.71. The molecule has 0 saturated heterocycles. The third-order valence-corrected chi connectivity index (χ3v) is 0.408. The lowest BCUT2D eigenvalue weighted by Crippen LogP contribution is -1.84. The highest BCUT2D eigenvalue weighted by Crippen LogP contribution is 2.43. The SMILES string of the molecule is CCOCC.O=P(O)(F)F. The van der Waals surface area contributed by atoms with E-state index in [1.54, 1.807) is 0 Å². The summed E-state index contributed by atoms with van der Waals surface area (Å²) in [4.78, 5) is 6.74. The van der Waals surface area contributed by atoms with Crippen LogP contribution in [0.4, 0.5) is 8.39 Å². The van der Waals surface area contributed by atoms with Crippen LogP contribution in [0.1, 0.15) is 13.8 Å². The van der Waals surface area contributed by atoms with Crippen LogP contribution in [0.25, 0.3) is 0 Å². The molecule has 0 aliphatic carbocycles. The van der Waals surface area contributed by atoms with Gasteiger partial charge >= 0.3 is 7.99 Å². The zero-order valence-electron chi connectivity index (χ0n) is 5.88.